The van der Waals surface area contributed by atoms with Gasteiger partial charge in [0.1, 0.15) is 0 Å². The van der Waals surface area contributed by atoms with Crippen LogP contribution in [0.15, 0.2) is 54.9 Å². The molecule has 2 aromatic rings. The number of pyridine rings is 1. The van der Waals surface area contributed by atoms with Crippen molar-refractivity contribution in [2.24, 2.45) is 0 Å². The summed E-state index contributed by atoms with van der Waals surface area (Å²) in [6, 6.07) is 15.3. The summed E-state index contributed by atoms with van der Waals surface area (Å²) in [5, 5.41) is 3.52. The fourth-order valence-electron chi connectivity index (χ4n) is 3.31. The minimum absolute atomic E-state index is 0.0963. The smallest absolute Gasteiger partial charge is 0.0430 e. The van der Waals surface area contributed by atoms with Crippen LogP contribution in [0.5, 0.6) is 0 Å². The van der Waals surface area contributed by atoms with Crippen molar-refractivity contribution in [3.05, 3.63) is 66.0 Å². The van der Waals surface area contributed by atoms with Crippen LogP contribution in [0.1, 0.15) is 43.9 Å². The van der Waals surface area contributed by atoms with E-state index in [0.717, 1.165) is 12.8 Å². The number of aromatic nitrogens is 1. The lowest BCUT2D eigenvalue weighted by Gasteiger charge is -2.40. The molecule has 20 heavy (non-hydrogen) atoms. The van der Waals surface area contributed by atoms with Crippen molar-refractivity contribution in [1.29, 1.82) is 0 Å². The van der Waals surface area contributed by atoms with Crippen LogP contribution in [0.25, 0.3) is 0 Å². The third-order valence-corrected chi connectivity index (χ3v) is 4.47. The monoisotopic (exact) mass is 268 g/mol. The first kappa shape index (κ1) is 14.7. The molecule has 1 unspecified atom stereocenters. The number of benzene rings is 1. The highest BCUT2D eigenvalue weighted by molar-refractivity contribution is 5.32. The van der Waals surface area contributed by atoms with Gasteiger partial charge in [-0.05, 0) is 37.1 Å². The van der Waals surface area contributed by atoms with Crippen molar-refractivity contribution < 1.29 is 0 Å². The molecule has 1 heterocycles. The predicted octanol–water partition coefficient (Wildman–Crippen LogP) is 4.10. The molecule has 0 bridgehead atoms. The lowest BCUT2D eigenvalue weighted by atomic mass is 9.68. The SMILES string of the molecule is CCC(CC)(c1ccccc1)C(NC)c1cccnc1. The molecule has 2 rings (SSSR count). The van der Waals surface area contributed by atoms with Gasteiger partial charge in [0.15, 0.2) is 0 Å². The van der Waals surface area contributed by atoms with Crippen LogP contribution in [0.2, 0.25) is 0 Å². The van der Waals surface area contributed by atoms with Crippen LogP contribution in [0, 0.1) is 0 Å². The summed E-state index contributed by atoms with van der Waals surface area (Å²) in [7, 11) is 2.04. The lowest BCUT2D eigenvalue weighted by molar-refractivity contribution is 0.286. The average Bonchev–Trinajstić information content (AvgIpc) is 2.54. The second-order valence-corrected chi connectivity index (χ2v) is 5.24. The summed E-state index contributed by atoms with van der Waals surface area (Å²) >= 11 is 0. The molecule has 2 nitrogen and oxygen atoms in total. The van der Waals surface area contributed by atoms with Gasteiger partial charge in [0.05, 0.1) is 0 Å². The van der Waals surface area contributed by atoms with Gasteiger partial charge < -0.3 is 5.32 Å². The summed E-state index contributed by atoms with van der Waals surface area (Å²) in [5.74, 6) is 0. The average molecular weight is 268 g/mol. The summed E-state index contributed by atoms with van der Waals surface area (Å²) in [6.45, 7) is 4.55. The Bertz CT molecular complexity index is 503. The van der Waals surface area contributed by atoms with Crippen molar-refractivity contribution >= 4 is 0 Å². The second-order valence-electron chi connectivity index (χ2n) is 5.24. The molecule has 0 amide bonds. The summed E-state index contributed by atoms with van der Waals surface area (Å²) in [6.07, 6.45) is 5.99. The maximum Gasteiger partial charge on any atom is 0.0430 e. The Morgan fingerprint density at radius 1 is 1.05 bits per heavy atom. The Balaban J connectivity index is 2.51. The van der Waals surface area contributed by atoms with Gasteiger partial charge in [0, 0.05) is 23.9 Å². The zero-order chi connectivity index (χ0) is 14.4. The molecular weight excluding hydrogens is 244 g/mol. The zero-order valence-electron chi connectivity index (χ0n) is 12.6. The third kappa shape index (κ3) is 2.61. The third-order valence-electron chi connectivity index (χ3n) is 4.47. The molecular formula is C18H24N2. The van der Waals surface area contributed by atoms with E-state index >= 15 is 0 Å². The van der Waals surface area contributed by atoms with E-state index in [0.29, 0.717) is 0 Å². The van der Waals surface area contributed by atoms with Crippen molar-refractivity contribution in [3.8, 4) is 0 Å². The van der Waals surface area contributed by atoms with E-state index in [1.54, 1.807) is 0 Å². The number of nitrogens with zero attached hydrogens (tertiary/aromatic N) is 1. The fourth-order valence-corrected chi connectivity index (χ4v) is 3.31. The van der Waals surface area contributed by atoms with Crippen LogP contribution in [0.3, 0.4) is 0 Å². The van der Waals surface area contributed by atoms with Gasteiger partial charge in [0.25, 0.3) is 0 Å². The molecule has 0 saturated carbocycles. The minimum Gasteiger partial charge on any atom is -0.312 e. The number of hydrogen-bond acceptors (Lipinski definition) is 2. The van der Waals surface area contributed by atoms with E-state index < -0.39 is 0 Å². The van der Waals surface area contributed by atoms with Gasteiger partial charge in [-0.2, -0.15) is 0 Å². The molecule has 106 valence electrons. The molecule has 0 fully saturated rings. The minimum atomic E-state index is 0.0963. The van der Waals surface area contributed by atoms with E-state index in [1.807, 2.05) is 25.5 Å². The highest BCUT2D eigenvalue weighted by atomic mass is 14.9. The first-order valence-electron chi connectivity index (χ1n) is 7.41. The Morgan fingerprint density at radius 3 is 2.25 bits per heavy atom. The molecule has 0 saturated heterocycles. The summed E-state index contributed by atoms with van der Waals surface area (Å²) in [4.78, 5) is 4.29. The van der Waals surface area contributed by atoms with Crippen LogP contribution >= 0.6 is 0 Å². The van der Waals surface area contributed by atoms with Crippen molar-refractivity contribution in [1.82, 2.24) is 10.3 Å². The molecule has 0 aliphatic rings. The van der Waals surface area contributed by atoms with Gasteiger partial charge in [-0.15, -0.1) is 0 Å². The normalized spacial score (nSPS) is 13.2. The zero-order valence-corrected chi connectivity index (χ0v) is 12.6. The highest BCUT2D eigenvalue weighted by Crippen LogP contribution is 2.42. The second kappa shape index (κ2) is 6.67. The molecule has 0 aliphatic heterocycles. The standard InChI is InChI=1S/C18H24N2/c1-4-18(5-2,16-11-7-6-8-12-16)17(19-3)15-10-9-13-20-14-15/h6-14,17,19H,4-5H2,1-3H3. The number of hydrogen-bond donors (Lipinski definition) is 1. The molecule has 0 spiro atoms. The Kier molecular flexibility index (Phi) is 4.91. The molecule has 0 aliphatic carbocycles. The number of likely N-dealkylation sites (N-methyl/N-ethyl adjacent to an activating group) is 1. The van der Waals surface area contributed by atoms with Crippen molar-refractivity contribution in [2.45, 2.75) is 38.1 Å². The maximum atomic E-state index is 4.29. The van der Waals surface area contributed by atoms with E-state index in [9.17, 15) is 0 Å². The molecule has 0 radical (unpaired) electrons. The predicted molar refractivity (Wildman–Crippen MR) is 84.7 cm³/mol. The topological polar surface area (TPSA) is 24.9 Å². The molecule has 1 aromatic carbocycles. The van der Waals surface area contributed by atoms with E-state index in [-0.39, 0.29) is 11.5 Å². The van der Waals surface area contributed by atoms with Crippen molar-refractivity contribution in [2.75, 3.05) is 7.05 Å². The Labute approximate surface area is 122 Å². The fraction of sp³-hybridized carbons (Fsp3) is 0.389. The van der Waals surface area contributed by atoms with Gasteiger partial charge >= 0.3 is 0 Å². The first-order valence-corrected chi connectivity index (χ1v) is 7.41. The largest absolute Gasteiger partial charge is 0.312 e. The summed E-state index contributed by atoms with van der Waals surface area (Å²) < 4.78 is 0. The van der Waals surface area contributed by atoms with E-state index in [2.05, 4.69) is 60.5 Å². The van der Waals surface area contributed by atoms with Crippen LogP contribution in [0.4, 0.5) is 0 Å². The Hall–Kier alpha value is -1.67. The van der Waals surface area contributed by atoms with Crippen LogP contribution in [-0.4, -0.2) is 12.0 Å². The molecule has 1 atom stereocenters. The Morgan fingerprint density at radius 2 is 1.75 bits per heavy atom. The number of nitrogens with one attached hydrogen (secondary N) is 1. The quantitative estimate of drug-likeness (QED) is 0.853. The van der Waals surface area contributed by atoms with Crippen LogP contribution < -0.4 is 5.32 Å². The molecule has 1 N–H and O–H groups in total. The highest BCUT2D eigenvalue weighted by Gasteiger charge is 2.37. The van der Waals surface area contributed by atoms with E-state index in [4.69, 9.17) is 0 Å². The number of rotatable bonds is 6. The van der Waals surface area contributed by atoms with Gasteiger partial charge in [0.2, 0.25) is 0 Å². The van der Waals surface area contributed by atoms with Gasteiger partial charge in [-0.3, -0.25) is 4.98 Å². The van der Waals surface area contributed by atoms with Crippen molar-refractivity contribution in [3.63, 3.8) is 0 Å². The molecule has 2 heteroatoms. The first-order chi connectivity index (χ1) is 9.78. The maximum absolute atomic E-state index is 4.29. The van der Waals surface area contributed by atoms with Crippen LogP contribution in [-0.2, 0) is 5.41 Å². The lowest BCUT2D eigenvalue weighted by Crippen LogP contribution is -2.39. The van der Waals surface area contributed by atoms with Gasteiger partial charge in [-0.1, -0.05) is 50.2 Å². The van der Waals surface area contributed by atoms with E-state index in [1.165, 1.54) is 11.1 Å². The summed E-state index contributed by atoms with van der Waals surface area (Å²) in [5.41, 5.74) is 2.75. The molecule has 1 aromatic heterocycles. The van der Waals surface area contributed by atoms with Gasteiger partial charge in [-0.25, -0.2) is 0 Å².